The van der Waals surface area contributed by atoms with Crippen LogP contribution in [0.3, 0.4) is 0 Å². The van der Waals surface area contributed by atoms with Crippen LogP contribution in [-0.2, 0) is 0 Å². The highest BCUT2D eigenvalue weighted by Gasteiger charge is 2.09. The first-order chi connectivity index (χ1) is 10.2. The summed E-state index contributed by atoms with van der Waals surface area (Å²) in [6.07, 6.45) is 3.66. The summed E-state index contributed by atoms with van der Waals surface area (Å²) in [7, 11) is 0. The lowest BCUT2D eigenvalue weighted by molar-refractivity contribution is 0.103. The first-order valence-electron chi connectivity index (χ1n) is 6.93. The van der Waals surface area contributed by atoms with Crippen LogP contribution in [0.15, 0.2) is 83.6 Å². The van der Waals surface area contributed by atoms with Gasteiger partial charge in [-0.1, -0.05) is 60.7 Å². The molecule has 2 aromatic rings. The Balaban J connectivity index is 2.45. The third kappa shape index (κ3) is 4.45. The Kier molecular flexibility index (Phi) is 5.09. The zero-order chi connectivity index (χ0) is 15.1. The van der Waals surface area contributed by atoms with Gasteiger partial charge in [0.2, 0.25) is 0 Å². The Hall–Kier alpha value is -2.63. The van der Waals surface area contributed by atoms with Crippen LogP contribution in [0.2, 0.25) is 0 Å². The number of allylic oxidation sites excluding steroid dienone is 2. The van der Waals surface area contributed by atoms with Crippen LogP contribution in [0, 0.1) is 0 Å². The number of ketones is 1. The fourth-order valence-corrected chi connectivity index (χ4v) is 1.88. The van der Waals surface area contributed by atoms with Gasteiger partial charge < -0.3 is 0 Å². The monoisotopic (exact) mass is 274 g/mol. The molecule has 104 valence electrons. The highest BCUT2D eigenvalue weighted by molar-refractivity contribution is 6.13. The van der Waals surface area contributed by atoms with Gasteiger partial charge >= 0.3 is 0 Å². The molecule has 0 saturated heterocycles. The summed E-state index contributed by atoms with van der Waals surface area (Å²) in [6, 6.07) is 19.2. The second kappa shape index (κ2) is 7.23. The molecule has 2 rings (SSSR count). The molecule has 1 nitrogen and oxygen atoms in total. The molecule has 0 saturated carbocycles. The Morgan fingerprint density at radius 3 is 2.05 bits per heavy atom. The fourth-order valence-electron chi connectivity index (χ4n) is 1.88. The van der Waals surface area contributed by atoms with Crippen molar-refractivity contribution in [2.75, 3.05) is 0 Å². The fraction of sp³-hybridized carbons (Fsp3) is 0.100. The average molecular weight is 274 g/mol. The van der Waals surface area contributed by atoms with Crippen molar-refractivity contribution < 1.29 is 4.79 Å². The molecule has 0 aliphatic carbocycles. The van der Waals surface area contributed by atoms with Gasteiger partial charge in [0.1, 0.15) is 0 Å². The minimum atomic E-state index is 0.00760. The lowest BCUT2D eigenvalue weighted by Crippen LogP contribution is -2.01. The van der Waals surface area contributed by atoms with E-state index in [4.69, 9.17) is 0 Å². The van der Waals surface area contributed by atoms with Gasteiger partial charge in [-0.2, -0.15) is 0 Å². The quantitative estimate of drug-likeness (QED) is 0.329. The Labute approximate surface area is 126 Å². The molecule has 2 aromatic carbocycles. The summed E-state index contributed by atoms with van der Waals surface area (Å²) in [6.45, 7) is 3.92. The predicted molar refractivity (Wildman–Crippen MR) is 88.1 cm³/mol. The zero-order valence-electron chi connectivity index (χ0n) is 12.3. The maximum Gasteiger partial charge on any atom is 0.193 e. The standard InChI is InChI=1S/C20H18O/c1-16(2)13-14-19(15-17-9-5-3-6-10-17)20(21)18-11-7-4-8-12-18/h3-12,14-15H,1-2H3/b19-15+. The molecular formula is C20H18O. The van der Waals surface area contributed by atoms with Gasteiger partial charge in [0.05, 0.1) is 0 Å². The molecule has 0 aromatic heterocycles. The van der Waals surface area contributed by atoms with Gasteiger partial charge in [-0.3, -0.25) is 4.79 Å². The van der Waals surface area contributed by atoms with E-state index < -0.39 is 0 Å². The van der Waals surface area contributed by atoms with Crippen molar-refractivity contribution >= 4 is 11.9 Å². The van der Waals surface area contributed by atoms with Crippen molar-refractivity contribution in [2.45, 2.75) is 13.8 Å². The number of rotatable bonds is 4. The molecule has 0 aliphatic heterocycles. The van der Waals surface area contributed by atoms with Gasteiger partial charge in [0.15, 0.2) is 5.78 Å². The third-order valence-electron chi connectivity index (χ3n) is 2.94. The van der Waals surface area contributed by atoms with Crippen LogP contribution in [-0.4, -0.2) is 5.78 Å². The normalized spacial score (nSPS) is 10.7. The number of hydrogen-bond donors (Lipinski definition) is 0. The van der Waals surface area contributed by atoms with Crippen molar-refractivity contribution in [1.29, 1.82) is 0 Å². The van der Waals surface area contributed by atoms with Gasteiger partial charge in [-0.15, -0.1) is 5.73 Å². The highest BCUT2D eigenvalue weighted by atomic mass is 16.1. The summed E-state index contributed by atoms with van der Waals surface area (Å²) in [4.78, 5) is 12.6. The highest BCUT2D eigenvalue weighted by Crippen LogP contribution is 2.14. The molecule has 0 radical (unpaired) electrons. The number of benzene rings is 2. The Morgan fingerprint density at radius 1 is 0.905 bits per heavy atom. The molecule has 0 N–H and O–H groups in total. The SMILES string of the molecule is CC(C)=C=C/C(=C\c1ccccc1)C(=O)c1ccccc1. The van der Waals surface area contributed by atoms with Crippen molar-refractivity contribution in [1.82, 2.24) is 0 Å². The van der Waals surface area contributed by atoms with Crippen molar-refractivity contribution in [3.8, 4) is 0 Å². The lowest BCUT2D eigenvalue weighted by Gasteiger charge is -2.02. The summed E-state index contributed by atoms with van der Waals surface area (Å²) in [5.74, 6) is 0.00760. The van der Waals surface area contributed by atoms with Gasteiger partial charge in [-0.05, 0) is 37.1 Å². The van der Waals surface area contributed by atoms with Gasteiger partial charge in [0.25, 0.3) is 0 Å². The Morgan fingerprint density at radius 2 is 1.48 bits per heavy atom. The molecule has 0 unspecified atom stereocenters. The van der Waals surface area contributed by atoms with E-state index in [0.29, 0.717) is 11.1 Å². The van der Waals surface area contributed by atoms with Crippen molar-refractivity contribution in [3.63, 3.8) is 0 Å². The van der Waals surface area contributed by atoms with Crippen molar-refractivity contribution in [2.24, 2.45) is 0 Å². The van der Waals surface area contributed by atoms with Gasteiger partial charge in [-0.25, -0.2) is 0 Å². The van der Waals surface area contributed by atoms with Crippen LogP contribution < -0.4 is 0 Å². The zero-order valence-corrected chi connectivity index (χ0v) is 12.3. The molecule has 1 heteroatoms. The number of carbonyl (C=O) groups excluding carboxylic acids is 1. The van der Waals surface area contributed by atoms with Crippen molar-refractivity contribution in [3.05, 3.63) is 94.7 Å². The minimum absolute atomic E-state index is 0.00760. The molecular weight excluding hydrogens is 256 g/mol. The van der Waals surface area contributed by atoms with E-state index in [0.717, 1.165) is 11.1 Å². The van der Waals surface area contributed by atoms with Crippen LogP contribution in [0.25, 0.3) is 6.08 Å². The molecule has 0 fully saturated rings. The first kappa shape index (κ1) is 14.8. The van der Waals surface area contributed by atoms with E-state index in [-0.39, 0.29) is 5.78 Å². The van der Waals surface area contributed by atoms with E-state index in [2.05, 4.69) is 5.73 Å². The lowest BCUT2D eigenvalue weighted by atomic mass is 10.0. The maximum absolute atomic E-state index is 12.6. The van der Waals surface area contributed by atoms with E-state index in [9.17, 15) is 4.79 Å². The number of hydrogen-bond acceptors (Lipinski definition) is 1. The van der Waals surface area contributed by atoms with Crippen LogP contribution >= 0.6 is 0 Å². The van der Waals surface area contributed by atoms with Crippen LogP contribution in [0.1, 0.15) is 29.8 Å². The average Bonchev–Trinajstić information content (AvgIpc) is 2.52. The summed E-state index contributed by atoms with van der Waals surface area (Å²) in [5, 5.41) is 0. The van der Waals surface area contributed by atoms with Gasteiger partial charge in [0, 0.05) is 11.1 Å². The largest absolute Gasteiger partial charge is 0.289 e. The molecule has 0 aliphatic rings. The molecule has 0 spiro atoms. The van der Waals surface area contributed by atoms with E-state index in [1.807, 2.05) is 80.6 Å². The summed E-state index contributed by atoms with van der Waals surface area (Å²) < 4.78 is 0. The molecule has 0 bridgehead atoms. The van der Waals surface area contributed by atoms with Crippen LogP contribution in [0.4, 0.5) is 0 Å². The maximum atomic E-state index is 12.6. The third-order valence-corrected chi connectivity index (χ3v) is 2.94. The molecule has 0 amide bonds. The first-order valence-corrected chi connectivity index (χ1v) is 6.93. The number of Topliss-reactive ketones (excluding diaryl/α,β-unsaturated/α-hetero) is 1. The molecule has 0 atom stereocenters. The Bertz CT molecular complexity index is 696. The minimum Gasteiger partial charge on any atom is -0.289 e. The number of carbonyl (C=O) groups is 1. The smallest absolute Gasteiger partial charge is 0.193 e. The van der Waals surface area contributed by atoms with E-state index in [1.165, 1.54) is 0 Å². The van der Waals surface area contributed by atoms with Crippen LogP contribution in [0.5, 0.6) is 0 Å². The molecule has 0 heterocycles. The van der Waals surface area contributed by atoms with E-state index >= 15 is 0 Å². The second-order valence-corrected chi connectivity index (χ2v) is 4.99. The second-order valence-electron chi connectivity index (χ2n) is 4.99. The summed E-state index contributed by atoms with van der Waals surface area (Å²) >= 11 is 0. The topological polar surface area (TPSA) is 17.1 Å². The summed E-state index contributed by atoms with van der Waals surface area (Å²) in [5.41, 5.74) is 6.48. The molecule has 21 heavy (non-hydrogen) atoms. The predicted octanol–water partition coefficient (Wildman–Crippen LogP) is 5.07. The van der Waals surface area contributed by atoms with E-state index in [1.54, 1.807) is 6.08 Å².